The molecule has 0 aliphatic carbocycles. The SMILES string of the molecule is Cc1noc(CNC2(C(=O)O)CCOCC2)n1. The molecule has 0 atom stereocenters. The summed E-state index contributed by atoms with van der Waals surface area (Å²) in [5, 5.41) is 15.9. The molecule has 1 fully saturated rings. The van der Waals surface area contributed by atoms with Gasteiger partial charge in [0.1, 0.15) is 5.54 Å². The molecule has 2 rings (SSSR count). The molecule has 1 aromatic heterocycles. The van der Waals surface area contributed by atoms with Crippen LogP contribution in [0.2, 0.25) is 0 Å². The Hall–Kier alpha value is -1.47. The van der Waals surface area contributed by atoms with Gasteiger partial charge in [-0.25, -0.2) is 0 Å². The number of rotatable bonds is 4. The van der Waals surface area contributed by atoms with Crippen molar-refractivity contribution in [2.45, 2.75) is 31.8 Å². The highest BCUT2D eigenvalue weighted by Gasteiger charge is 2.40. The lowest BCUT2D eigenvalue weighted by Crippen LogP contribution is -2.55. The Balaban J connectivity index is 2.00. The Labute approximate surface area is 98.1 Å². The van der Waals surface area contributed by atoms with Crippen molar-refractivity contribution < 1.29 is 19.2 Å². The number of aryl methyl sites for hydroxylation is 1. The molecule has 1 aromatic rings. The Kier molecular flexibility index (Phi) is 3.39. The van der Waals surface area contributed by atoms with Gasteiger partial charge in [-0.05, 0) is 19.8 Å². The van der Waals surface area contributed by atoms with E-state index in [-0.39, 0.29) is 6.54 Å². The fourth-order valence-corrected chi connectivity index (χ4v) is 1.84. The maximum atomic E-state index is 11.3. The fourth-order valence-electron chi connectivity index (χ4n) is 1.84. The third-order valence-electron chi connectivity index (χ3n) is 2.90. The summed E-state index contributed by atoms with van der Waals surface area (Å²) in [5.41, 5.74) is -0.944. The Morgan fingerprint density at radius 3 is 2.76 bits per heavy atom. The van der Waals surface area contributed by atoms with Gasteiger partial charge in [0.25, 0.3) is 0 Å². The largest absolute Gasteiger partial charge is 0.480 e. The maximum absolute atomic E-state index is 11.3. The van der Waals surface area contributed by atoms with E-state index in [1.807, 2.05) is 0 Å². The van der Waals surface area contributed by atoms with Gasteiger partial charge >= 0.3 is 5.97 Å². The minimum Gasteiger partial charge on any atom is -0.480 e. The van der Waals surface area contributed by atoms with Crippen LogP contribution < -0.4 is 5.32 Å². The number of aliphatic carboxylic acids is 1. The van der Waals surface area contributed by atoms with Crippen LogP contribution in [0, 0.1) is 6.92 Å². The molecular weight excluding hydrogens is 226 g/mol. The van der Waals surface area contributed by atoms with Gasteiger partial charge in [0.05, 0.1) is 6.54 Å². The zero-order chi connectivity index (χ0) is 12.3. The van der Waals surface area contributed by atoms with Gasteiger partial charge in [-0.2, -0.15) is 4.98 Å². The number of ether oxygens (including phenoxy) is 1. The van der Waals surface area contributed by atoms with Crippen molar-refractivity contribution in [3.63, 3.8) is 0 Å². The summed E-state index contributed by atoms with van der Waals surface area (Å²) < 4.78 is 10.1. The number of carboxylic acids is 1. The Bertz CT molecular complexity index is 398. The molecule has 2 N–H and O–H groups in total. The van der Waals surface area contributed by atoms with Crippen LogP contribution in [0.4, 0.5) is 0 Å². The van der Waals surface area contributed by atoms with Crippen molar-refractivity contribution in [3.05, 3.63) is 11.7 Å². The summed E-state index contributed by atoms with van der Waals surface area (Å²) in [6.45, 7) is 2.87. The van der Waals surface area contributed by atoms with Crippen LogP contribution in [0.5, 0.6) is 0 Å². The number of carbonyl (C=O) groups is 1. The van der Waals surface area contributed by atoms with Gasteiger partial charge in [0.2, 0.25) is 5.89 Å². The highest BCUT2D eigenvalue weighted by Crippen LogP contribution is 2.21. The van der Waals surface area contributed by atoms with Gasteiger partial charge in [-0.3, -0.25) is 10.1 Å². The van der Waals surface area contributed by atoms with Crippen molar-refractivity contribution in [1.29, 1.82) is 0 Å². The van der Waals surface area contributed by atoms with Crippen LogP contribution in [-0.4, -0.2) is 40.0 Å². The van der Waals surface area contributed by atoms with Crippen molar-refractivity contribution in [1.82, 2.24) is 15.5 Å². The summed E-state index contributed by atoms with van der Waals surface area (Å²) in [6.07, 6.45) is 0.880. The number of nitrogens with zero attached hydrogens (tertiary/aromatic N) is 2. The van der Waals surface area contributed by atoms with Crippen molar-refractivity contribution in [2.75, 3.05) is 13.2 Å². The summed E-state index contributed by atoms with van der Waals surface area (Å²) in [7, 11) is 0. The highest BCUT2D eigenvalue weighted by molar-refractivity contribution is 5.78. The first kappa shape index (κ1) is 12.0. The molecule has 0 amide bonds. The van der Waals surface area contributed by atoms with Gasteiger partial charge in [-0.15, -0.1) is 0 Å². The molecule has 1 aliphatic heterocycles. The van der Waals surface area contributed by atoms with E-state index in [1.54, 1.807) is 6.92 Å². The molecule has 1 saturated heterocycles. The third kappa shape index (κ3) is 2.62. The molecule has 0 saturated carbocycles. The first-order valence-electron chi connectivity index (χ1n) is 5.48. The normalized spacial score (nSPS) is 19.1. The molecule has 0 radical (unpaired) electrons. The topological polar surface area (TPSA) is 97.5 Å². The second-order valence-corrected chi connectivity index (χ2v) is 4.09. The van der Waals surface area contributed by atoms with E-state index in [2.05, 4.69) is 15.5 Å². The lowest BCUT2D eigenvalue weighted by Gasteiger charge is -2.33. The average Bonchev–Trinajstić information content (AvgIpc) is 2.74. The van der Waals surface area contributed by atoms with Crippen molar-refractivity contribution in [2.24, 2.45) is 0 Å². The standard InChI is InChI=1S/C10H15N3O4/c1-7-12-8(17-13-7)6-11-10(9(14)15)2-4-16-5-3-10/h11H,2-6H2,1H3,(H,14,15). The molecule has 0 unspecified atom stereocenters. The van der Waals surface area contributed by atoms with Crippen LogP contribution in [0.25, 0.3) is 0 Å². The molecule has 94 valence electrons. The van der Waals surface area contributed by atoms with E-state index in [9.17, 15) is 9.90 Å². The van der Waals surface area contributed by atoms with Gasteiger partial charge in [0.15, 0.2) is 5.82 Å². The molecule has 0 aromatic carbocycles. The number of aromatic nitrogens is 2. The quantitative estimate of drug-likeness (QED) is 0.771. The van der Waals surface area contributed by atoms with E-state index in [0.29, 0.717) is 37.8 Å². The second-order valence-electron chi connectivity index (χ2n) is 4.09. The summed E-state index contributed by atoms with van der Waals surface area (Å²) in [4.78, 5) is 15.3. The number of carboxylic acid groups (broad SMARTS) is 1. The zero-order valence-corrected chi connectivity index (χ0v) is 9.60. The highest BCUT2D eigenvalue weighted by atomic mass is 16.5. The van der Waals surface area contributed by atoms with Gasteiger partial charge in [0, 0.05) is 13.2 Å². The van der Waals surface area contributed by atoms with E-state index >= 15 is 0 Å². The number of nitrogens with one attached hydrogen (secondary N) is 1. The lowest BCUT2D eigenvalue weighted by molar-refractivity contribution is -0.149. The first-order valence-corrected chi connectivity index (χ1v) is 5.48. The number of hydrogen-bond acceptors (Lipinski definition) is 6. The predicted molar refractivity (Wildman–Crippen MR) is 56.3 cm³/mol. The molecule has 2 heterocycles. The van der Waals surface area contributed by atoms with E-state index in [0.717, 1.165) is 0 Å². The summed E-state index contributed by atoms with van der Waals surface area (Å²) in [6, 6.07) is 0. The van der Waals surface area contributed by atoms with Crippen LogP contribution >= 0.6 is 0 Å². The Morgan fingerprint density at radius 2 is 2.24 bits per heavy atom. The zero-order valence-electron chi connectivity index (χ0n) is 9.60. The molecule has 17 heavy (non-hydrogen) atoms. The molecular formula is C10H15N3O4. The average molecular weight is 241 g/mol. The minimum absolute atomic E-state index is 0.257. The lowest BCUT2D eigenvalue weighted by atomic mass is 9.90. The van der Waals surface area contributed by atoms with E-state index in [4.69, 9.17) is 9.26 Å². The summed E-state index contributed by atoms with van der Waals surface area (Å²) >= 11 is 0. The molecule has 7 nitrogen and oxygen atoms in total. The Morgan fingerprint density at radius 1 is 1.53 bits per heavy atom. The van der Waals surface area contributed by atoms with Crippen LogP contribution in [0.15, 0.2) is 4.52 Å². The monoisotopic (exact) mass is 241 g/mol. The summed E-state index contributed by atoms with van der Waals surface area (Å²) in [5.74, 6) is 0.0739. The van der Waals surface area contributed by atoms with Crippen molar-refractivity contribution >= 4 is 5.97 Å². The van der Waals surface area contributed by atoms with Crippen LogP contribution in [-0.2, 0) is 16.1 Å². The smallest absolute Gasteiger partial charge is 0.324 e. The van der Waals surface area contributed by atoms with E-state index < -0.39 is 11.5 Å². The van der Waals surface area contributed by atoms with Crippen molar-refractivity contribution in [3.8, 4) is 0 Å². The predicted octanol–water partition coefficient (Wildman–Crippen LogP) is 0.101. The fraction of sp³-hybridized carbons (Fsp3) is 0.700. The molecule has 7 heteroatoms. The maximum Gasteiger partial charge on any atom is 0.324 e. The molecule has 1 aliphatic rings. The first-order chi connectivity index (χ1) is 8.12. The minimum atomic E-state index is -0.944. The van der Waals surface area contributed by atoms with Gasteiger partial charge in [-0.1, -0.05) is 5.16 Å². The van der Waals surface area contributed by atoms with Gasteiger partial charge < -0.3 is 14.4 Å². The van der Waals surface area contributed by atoms with Crippen LogP contribution in [0.3, 0.4) is 0 Å². The second kappa shape index (κ2) is 4.80. The number of hydrogen-bond donors (Lipinski definition) is 2. The molecule has 0 bridgehead atoms. The third-order valence-corrected chi connectivity index (χ3v) is 2.90. The van der Waals surface area contributed by atoms with E-state index in [1.165, 1.54) is 0 Å². The van der Waals surface area contributed by atoms with Crippen LogP contribution in [0.1, 0.15) is 24.6 Å². The molecule has 0 spiro atoms.